The molecule has 0 radical (unpaired) electrons. The van der Waals surface area contributed by atoms with Crippen LogP contribution in [-0.4, -0.2) is 65.3 Å². The lowest BCUT2D eigenvalue weighted by Crippen LogP contribution is -2.41. The van der Waals surface area contributed by atoms with Gasteiger partial charge in [0, 0.05) is 26.2 Å². The molecule has 0 saturated carbocycles. The van der Waals surface area contributed by atoms with Crippen molar-refractivity contribution >= 4 is 22.8 Å². The van der Waals surface area contributed by atoms with Crippen LogP contribution < -0.4 is 4.90 Å². The summed E-state index contributed by atoms with van der Waals surface area (Å²) in [7, 11) is 0. The highest BCUT2D eigenvalue weighted by atomic mass is 16.5. The molecule has 1 amide bonds. The number of carbonyl (C=O) groups is 1. The van der Waals surface area contributed by atoms with E-state index >= 15 is 0 Å². The molecule has 8 nitrogen and oxygen atoms in total. The minimum atomic E-state index is -0.141. The standard InChI is InChI=1S/C14H17N5O3/c20-14(19-5-7-21-8-6-19)11-10-12(18-3-1-2-4-18)15-9-16-13(10)22-17-11/h9H,1-8H2. The van der Waals surface area contributed by atoms with Crippen LogP contribution in [0.4, 0.5) is 5.82 Å². The van der Waals surface area contributed by atoms with Crippen molar-refractivity contribution in [2.24, 2.45) is 0 Å². The molecule has 0 aromatic carbocycles. The van der Waals surface area contributed by atoms with Gasteiger partial charge in [0.25, 0.3) is 11.6 Å². The summed E-state index contributed by atoms with van der Waals surface area (Å²) in [5.74, 6) is 0.609. The second-order valence-electron chi connectivity index (χ2n) is 5.51. The number of anilines is 1. The van der Waals surface area contributed by atoms with Gasteiger partial charge in [-0.15, -0.1) is 0 Å². The molecule has 0 bridgehead atoms. The van der Waals surface area contributed by atoms with E-state index in [4.69, 9.17) is 9.26 Å². The molecule has 8 heteroatoms. The van der Waals surface area contributed by atoms with Crippen molar-refractivity contribution in [3.05, 3.63) is 12.0 Å². The topological polar surface area (TPSA) is 84.6 Å². The predicted molar refractivity (Wildman–Crippen MR) is 77.8 cm³/mol. The highest BCUT2D eigenvalue weighted by Crippen LogP contribution is 2.29. The lowest BCUT2D eigenvalue weighted by Gasteiger charge is -2.26. The van der Waals surface area contributed by atoms with Crippen molar-refractivity contribution in [1.82, 2.24) is 20.0 Å². The summed E-state index contributed by atoms with van der Waals surface area (Å²) in [6, 6.07) is 0. The number of amides is 1. The van der Waals surface area contributed by atoms with Crippen LogP contribution >= 0.6 is 0 Å². The number of aromatic nitrogens is 3. The monoisotopic (exact) mass is 303 g/mol. The van der Waals surface area contributed by atoms with Crippen molar-refractivity contribution in [3.8, 4) is 0 Å². The minimum absolute atomic E-state index is 0.141. The summed E-state index contributed by atoms with van der Waals surface area (Å²) in [4.78, 5) is 25.1. The number of rotatable bonds is 2. The molecule has 0 N–H and O–H groups in total. The molecule has 4 rings (SSSR count). The van der Waals surface area contributed by atoms with Crippen molar-refractivity contribution < 1.29 is 14.1 Å². The summed E-state index contributed by atoms with van der Waals surface area (Å²) in [5.41, 5.74) is 0.674. The maximum atomic E-state index is 12.7. The first-order chi connectivity index (χ1) is 10.8. The molecule has 116 valence electrons. The van der Waals surface area contributed by atoms with Gasteiger partial charge < -0.3 is 19.1 Å². The Hall–Kier alpha value is -2.22. The van der Waals surface area contributed by atoms with Crippen LogP contribution in [0.5, 0.6) is 0 Å². The van der Waals surface area contributed by atoms with Crippen LogP contribution in [-0.2, 0) is 4.74 Å². The second-order valence-corrected chi connectivity index (χ2v) is 5.51. The zero-order valence-electron chi connectivity index (χ0n) is 12.2. The molecule has 0 spiro atoms. The Kier molecular flexibility index (Phi) is 3.38. The highest BCUT2D eigenvalue weighted by Gasteiger charge is 2.28. The zero-order chi connectivity index (χ0) is 14.9. The maximum absolute atomic E-state index is 12.7. The normalized spacial score (nSPS) is 19.1. The first kappa shape index (κ1) is 13.4. The van der Waals surface area contributed by atoms with Crippen LogP contribution in [0.25, 0.3) is 11.1 Å². The molecule has 2 saturated heterocycles. The Labute approximate surface area is 127 Å². The molecule has 2 aromatic rings. The molecule has 0 atom stereocenters. The molecule has 0 aliphatic carbocycles. The maximum Gasteiger partial charge on any atom is 0.277 e. The van der Waals surface area contributed by atoms with Crippen LogP contribution in [0.1, 0.15) is 23.3 Å². The van der Waals surface area contributed by atoms with E-state index in [0.29, 0.717) is 43.1 Å². The zero-order valence-corrected chi connectivity index (χ0v) is 12.2. The number of hydrogen-bond donors (Lipinski definition) is 0. The Balaban J connectivity index is 1.75. The van der Waals surface area contributed by atoms with Crippen molar-refractivity contribution in [2.45, 2.75) is 12.8 Å². The first-order valence-corrected chi connectivity index (χ1v) is 7.57. The quantitative estimate of drug-likeness (QED) is 0.807. The third-order valence-corrected chi connectivity index (χ3v) is 4.16. The molecular weight excluding hydrogens is 286 g/mol. The van der Waals surface area contributed by atoms with Gasteiger partial charge in [0.1, 0.15) is 17.5 Å². The molecule has 0 unspecified atom stereocenters. The van der Waals surface area contributed by atoms with Gasteiger partial charge >= 0.3 is 0 Å². The lowest BCUT2D eigenvalue weighted by molar-refractivity contribution is 0.0297. The lowest BCUT2D eigenvalue weighted by atomic mass is 10.2. The van der Waals surface area contributed by atoms with Gasteiger partial charge in [0.2, 0.25) is 0 Å². The van der Waals surface area contributed by atoms with Gasteiger partial charge in [-0.05, 0) is 12.8 Å². The SMILES string of the molecule is O=C(c1noc2ncnc(N3CCCC3)c12)N1CCOCC1. The van der Waals surface area contributed by atoms with Crippen LogP contribution in [0.2, 0.25) is 0 Å². The van der Waals surface area contributed by atoms with E-state index in [-0.39, 0.29) is 5.91 Å². The van der Waals surface area contributed by atoms with Crippen molar-refractivity contribution in [1.29, 1.82) is 0 Å². The largest absolute Gasteiger partial charge is 0.378 e. The van der Waals surface area contributed by atoms with E-state index in [2.05, 4.69) is 20.0 Å². The molecular formula is C14H17N5O3. The smallest absolute Gasteiger partial charge is 0.277 e. The number of morpholine rings is 1. The van der Waals surface area contributed by atoms with Gasteiger partial charge in [-0.3, -0.25) is 4.79 Å². The molecule has 2 fully saturated rings. The van der Waals surface area contributed by atoms with Gasteiger partial charge in [-0.25, -0.2) is 4.98 Å². The number of fused-ring (bicyclic) bond motifs is 1. The average Bonchev–Trinajstić information content (AvgIpc) is 3.24. The third kappa shape index (κ3) is 2.19. The number of ether oxygens (including phenoxy) is 1. The summed E-state index contributed by atoms with van der Waals surface area (Å²) < 4.78 is 10.5. The number of hydrogen-bond acceptors (Lipinski definition) is 7. The van der Waals surface area contributed by atoms with E-state index in [0.717, 1.165) is 31.7 Å². The molecule has 2 aliphatic rings. The van der Waals surface area contributed by atoms with Gasteiger partial charge in [-0.2, -0.15) is 4.98 Å². The van der Waals surface area contributed by atoms with E-state index in [1.54, 1.807) is 4.90 Å². The Bertz CT molecular complexity index is 689. The first-order valence-electron chi connectivity index (χ1n) is 7.57. The minimum Gasteiger partial charge on any atom is -0.378 e. The fourth-order valence-electron chi connectivity index (χ4n) is 3.00. The van der Waals surface area contributed by atoms with E-state index in [9.17, 15) is 4.79 Å². The molecule has 2 aromatic heterocycles. The van der Waals surface area contributed by atoms with Gasteiger partial charge in [0.15, 0.2) is 5.69 Å². The number of nitrogens with zero attached hydrogens (tertiary/aromatic N) is 5. The van der Waals surface area contributed by atoms with Crippen LogP contribution in [0.3, 0.4) is 0 Å². The fraction of sp³-hybridized carbons (Fsp3) is 0.571. The number of carbonyl (C=O) groups excluding carboxylic acids is 1. The fourth-order valence-corrected chi connectivity index (χ4v) is 3.00. The molecule has 4 heterocycles. The second kappa shape index (κ2) is 5.53. The summed E-state index contributed by atoms with van der Waals surface area (Å²) in [6.07, 6.45) is 3.72. The summed E-state index contributed by atoms with van der Waals surface area (Å²) >= 11 is 0. The predicted octanol–water partition coefficient (Wildman–Crippen LogP) is 0.690. The Morgan fingerprint density at radius 2 is 1.86 bits per heavy atom. The third-order valence-electron chi connectivity index (χ3n) is 4.16. The van der Waals surface area contributed by atoms with Gasteiger partial charge in [-0.1, -0.05) is 5.16 Å². The van der Waals surface area contributed by atoms with Crippen molar-refractivity contribution in [2.75, 3.05) is 44.3 Å². The summed E-state index contributed by atoms with van der Waals surface area (Å²) in [5, 5.41) is 4.59. The van der Waals surface area contributed by atoms with E-state index in [1.165, 1.54) is 6.33 Å². The Morgan fingerprint density at radius 3 is 2.64 bits per heavy atom. The van der Waals surface area contributed by atoms with E-state index in [1.807, 2.05) is 0 Å². The average molecular weight is 303 g/mol. The molecule has 2 aliphatic heterocycles. The molecule has 22 heavy (non-hydrogen) atoms. The summed E-state index contributed by atoms with van der Waals surface area (Å²) in [6.45, 7) is 4.11. The van der Waals surface area contributed by atoms with Crippen molar-refractivity contribution in [3.63, 3.8) is 0 Å². The highest BCUT2D eigenvalue weighted by molar-refractivity contribution is 6.07. The van der Waals surface area contributed by atoms with Gasteiger partial charge in [0.05, 0.1) is 13.2 Å². The van der Waals surface area contributed by atoms with Crippen LogP contribution in [0, 0.1) is 0 Å². The van der Waals surface area contributed by atoms with Crippen LogP contribution in [0.15, 0.2) is 10.9 Å². The van der Waals surface area contributed by atoms with E-state index < -0.39 is 0 Å². The Morgan fingerprint density at radius 1 is 1.09 bits per heavy atom.